The number of likely N-dealkylation sites (tertiary alicyclic amines) is 1. The van der Waals surface area contributed by atoms with Crippen LogP contribution < -0.4 is 5.73 Å². The number of carbonyl (C=O) groups is 2. The van der Waals surface area contributed by atoms with Crippen LogP contribution in [0.5, 0.6) is 0 Å². The summed E-state index contributed by atoms with van der Waals surface area (Å²) in [5.41, 5.74) is 8.64. The third-order valence-electron chi connectivity index (χ3n) is 6.59. The topological polar surface area (TPSA) is 66.6 Å². The molecular weight excluding hydrogens is 410 g/mol. The number of fused-ring (bicyclic) bond motifs is 1. The zero-order chi connectivity index (χ0) is 21.8. The van der Waals surface area contributed by atoms with Gasteiger partial charge in [0.05, 0.1) is 12.0 Å². The van der Waals surface area contributed by atoms with Crippen molar-refractivity contribution in [3.63, 3.8) is 0 Å². The highest BCUT2D eigenvalue weighted by Gasteiger charge is 2.46. The van der Waals surface area contributed by atoms with Gasteiger partial charge in [-0.15, -0.1) is 0 Å². The van der Waals surface area contributed by atoms with E-state index in [0.717, 1.165) is 31.4 Å². The van der Waals surface area contributed by atoms with Crippen LogP contribution >= 0.6 is 11.6 Å². The number of amides is 2. The lowest BCUT2D eigenvalue weighted by molar-refractivity contribution is -0.147. The fourth-order valence-electron chi connectivity index (χ4n) is 5.04. The van der Waals surface area contributed by atoms with Gasteiger partial charge in [0, 0.05) is 31.1 Å². The van der Waals surface area contributed by atoms with E-state index in [1.165, 1.54) is 11.1 Å². The summed E-state index contributed by atoms with van der Waals surface area (Å²) in [6.45, 7) is 2.44. The Labute approximate surface area is 189 Å². The second-order valence-corrected chi connectivity index (χ2v) is 9.20. The average Bonchev–Trinajstić information content (AvgIpc) is 2.77. The molecule has 1 saturated heterocycles. The first-order valence-electron chi connectivity index (χ1n) is 11.1. The number of nitrogens with two attached hydrogens (primary N) is 1. The van der Waals surface area contributed by atoms with Gasteiger partial charge in [-0.05, 0) is 61.1 Å². The number of halogens is 1. The van der Waals surface area contributed by atoms with E-state index < -0.39 is 0 Å². The summed E-state index contributed by atoms with van der Waals surface area (Å²) < 4.78 is 0. The molecule has 2 aromatic rings. The van der Waals surface area contributed by atoms with Crippen LogP contribution in [0.15, 0.2) is 48.5 Å². The first-order chi connectivity index (χ1) is 15.0. The maximum absolute atomic E-state index is 13.6. The molecule has 0 aliphatic carbocycles. The first kappa shape index (κ1) is 21.8. The van der Waals surface area contributed by atoms with Gasteiger partial charge in [0.25, 0.3) is 0 Å². The highest BCUT2D eigenvalue weighted by Crippen LogP contribution is 2.38. The Bertz CT molecular complexity index is 963. The van der Waals surface area contributed by atoms with E-state index in [9.17, 15) is 9.59 Å². The van der Waals surface area contributed by atoms with Gasteiger partial charge in [-0.25, -0.2) is 0 Å². The lowest BCUT2D eigenvalue weighted by atomic mass is 9.77. The summed E-state index contributed by atoms with van der Waals surface area (Å²) in [5.74, 6) is 0.235. The van der Waals surface area contributed by atoms with Gasteiger partial charge in [0.2, 0.25) is 11.8 Å². The molecule has 1 atom stereocenters. The standard InChI is InChI=1S/C25H30ClN3O2/c26-22-9-3-6-19(14-22)15-24(31)29-17-21-8-2-1-7-20(21)16-25(29)11-5-13-28(18-25)23(30)10-4-12-27/h1-3,6-9,14H,4-5,10-13,15-18,27H2. The van der Waals surface area contributed by atoms with Crippen LogP contribution in [-0.4, -0.2) is 46.8 Å². The van der Waals surface area contributed by atoms with Crippen molar-refractivity contribution >= 4 is 23.4 Å². The van der Waals surface area contributed by atoms with Crippen molar-refractivity contribution in [3.05, 3.63) is 70.2 Å². The SMILES string of the molecule is NCCCC(=O)N1CCCC2(Cc3ccccc3CN2C(=O)Cc2cccc(Cl)c2)C1. The molecule has 1 spiro atoms. The zero-order valence-electron chi connectivity index (χ0n) is 17.9. The van der Waals surface area contributed by atoms with Crippen molar-refractivity contribution < 1.29 is 9.59 Å². The number of benzene rings is 2. The molecule has 0 saturated carbocycles. The fraction of sp³-hybridized carbons (Fsp3) is 0.440. The molecule has 1 unspecified atom stereocenters. The van der Waals surface area contributed by atoms with Crippen molar-refractivity contribution in [2.24, 2.45) is 5.73 Å². The highest BCUT2D eigenvalue weighted by atomic mass is 35.5. The molecule has 2 heterocycles. The van der Waals surface area contributed by atoms with Crippen molar-refractivity contribution in [3.8, 4) is 0 Å². The molecule has 6 heteroatoms. The van der Waals surface area contributed by atoms with Gasteiger partial charge in [-0.3, -0.25) is 9.59 Å². The first-order valence-corrected chi connectivity index (χ1v) is 11.5. The van der Waals surface area contributed by atoms with E-state index in [0.29, 0.717) is 43.9 Å². The smallest absolute Gasteiger partial charge is 0.227 e. The maximum atomic E-state index is 13.6. The molecule has 31 heavy (non-hydrogen) atoms. The average molecular weight is 440 g/mol. The molecule has 2 N–H and O–H groups in total. The molecule has 2 aromatic carbocycles. The molecule has 1 fully saturated rings. The zero-order valence-corrected chi connectivity index (χ0v) is 18.6. The second kappa shape index (κ2) is 9.41. The normalized spacial score (nSPS) is 20.6. The van der Waals surface area contributed by atoms with Crippen molar-refractivity contribution in [1.29, 1.82) is 0 Å². The summed E-state index contributed by atoms with van der Waals surface area (Å²) in [4.78, 5) is 30.4. The fourth-order valence-corrected chi connectivity index (χ4v) is 5.26. The van der Waals surface area contributed by atoms with Crippen LogP contribution in [-0.2, 0) is 29.0 Å². The van der Waals surface area contributed by atoms with Gasteiger partial charge >= 0.3 is 0 Å². The Balaban J connectivity index is 1.62. The Morgan fingerprint density at radius 3 is 2.65 bits per heavy atom. The number of hydrogen-bond acceptors (Lipinski definition) is 3. The van der Waals surface area contributed by atoms with Gasteiger partial charge in [0.1, 0.15) is 0 Å². The van der Waals surface area contributed by atoms with Gasteiger partial charge < -0.3 is 15.5 Å². The minimum absolute atomic E-state index is 0.0908. The highest BCUT2D eigenvalue weighted by molar-refractivity contribution is 6.30. The molecule has 4 rings (SSSR count). The van der Waals surface area contributed by atoms with Crippen molar-refractivity contribution in [2.45, 2.75) is 50.6 Å². The largest absolute Gasteiger partial charge is 0.340 e. The number of nitrogens with zero attached hydrogens (tertiary/aromatic N) is 2. The van der Waals surface area contributed by atoms with E-state index in [1.54, 1.807) is 0 Å². The maximum Gasteiger partial charge on any atom is 0.227 e. The monoisotopic (exact) mass is 439 g/mol. The van der Waals surface area contributed by atoms with Gasteiger partial charge in [-0.2, -0.15) is 0 Å². The van der Waals surface area contributed by atoms with Crippen molar-refractivity contribution in [1.82, 2.24) is 9.80 Å². The third kappa shape index (κ3) is 4.78. The van der Waals surface area contributed by atoms with E-state index in [1.807, 2.05) is 40.1 Å². The predicted molar refractivity (Wildman–Crippen MR) is 123 cm³/mol. The van der Waals surface area contributed by atoms with E-state index in [-0.39, 0.29) is 17.4 Å². The van der Waals surface area contributed by atoms with Crippen LogP contribution in [0.25, 0.3) is 0 Å². The Morgan fingerprint density at radius 2 is 1.87 bits per heavy atom. The summed E-state index contributed by atoms with van der Waals surface area (Å²) in [6, 6.07) is 15.8. The van der Waals surface area contributed by atoms with E-state index >= 15 is 0 Å². The number of hydrogen-bond donors (Lipinski definition) is 1. The quantitative estimate of drug-likeness (QED) is 0.774. The van der Waals surface area contributed by atoms with Crippen LogP contribution in [0, 0.1) is 0 Å². The Morgan fingerprint density at radius 1 is 1.06 bits per heavy atom. The molecule has 2 amide bonds. The van der Waals surface area contributed by atoms with Gasteiger partial charge in [0.15, 0.2) is 0 Å². The van der Waals surface area contributed by atoms with Gasteiger partial charge in [-0.1, -0.05) is 48.0 Å². The minimum Gasteiger partial charge on any atom is -0.340 e. The lowest BCUT2D eigenvalue weighted by Crippen LogP contribution is -2.64. The number of rotatable bonds is 5. The molecule has 0 aromatic heterocycles. The molecule has 5 nitrogen and oxygen atoms in total. The molecule has 0 bridgehead atoms. The third-order valence-corrected chi connectivity index (χ3v) is 6.82. The van der Waals surface area contributed by atoms with Crippen LogP contribution in [0.2, 0.25) is 5.02 Å². The van der Waals surface area contributed by atoms with Crippen LogP contribution in [0.4, 0.5) is 0 Å². The molecular formula is C25H30ClN3O2. The summed E-state index contributed by atoms with van der Waals surface area (Å²) in [7, 11) is 0. The molecule has 2 aliphatic rings. The van der Waals surface area contributed by atoms with E-state index in [2.05, 4.69) is 18.2 Å². The minimum atomic E-state index is -0.360. The predicted octanol–water partition coefficient (Wildman–Crippen LogP) is 3.57. The summed E-state index contributed by atoms with van der Waals surface area (Å²) in [6.07, 6.45) is 4.07. The Kier molecular flexibility index (Phi) is 6.63. The summed E-state index contributed by atoms with van der Waals surface area (Å²) in [5, 5.41) is 0.637. The molecule has 164 valence electrons. The Hall–Kier alpha value is -2.37. The van der Waals surface area contributed by atoms with Crippen molar-refractivity contribution in [2.75, 3.05) is 19.6 Å². The lowest BCUT2D eigenvalue weighted by Gasteiger charge is -2.52. The number of carbonyl (C=O) groups excluding carboxylic acids is 2. The van der Waals surface area contributed by atoms with Crippen LogP contribution in [0.1, 0.15) is 42.4 Å². The van der Waals surface area contributed by atoms with E-state index in [4.69, 9.17) is 17.3 Å². The molecule has 0 radical (unpaired) electrons. The molecule has 2 aliphatic heterocycles. The van der Waals surface area contributed by atoms with Crippen LogP contribution in [0.3, 0.4) is 0 Å². The summed E-state index contributed by atoms with van der Waals surface area (Å²) >= 11 is 6.14. The second-order valence-electron chi connectivity index (χ2n) is 8.77. The number of piperidine rings is 1.